The average Bonchev–Trinajstić information content (AvgIpc) is 3.93. The highest BCUT2D eigenvalue weighted by atomic mass is 16.5. The van der Waals surface area contributed by atoms with Crippen molar-refractivity contribution in [3.63, 3.8) is 0 Å². The van der Waals surface area contributed by atoms with Crippen LogP contribution in [-0.2, 0) is 10.8 Å². The van der Waals surface area contributed by atoms with Gasteiger partial charge in [-0.1, -0.05) is 144 Å². The monoisotopic (exact) mass is 806 g/mol. The predicted octanol–water partition coefficient (Wildman–Crippen LogP) is 14.7. The maximum atomic E-state index is 6.72. The molecule has 0 saturated heterocycles. The third-order valence-corrected chi connectivity index (χ3v) is 12.4. The zero-order valence-electron chi connectivity index (χ0n) is 36.0. The van der Waals surface area contributed by atoms with Gasteiger partial charge in [-0.3, -0.25) is 4.57 Å². The second-order valence-corrected chi connectivity index (χ2v) is 17.9. The Morgan fingerprint density at radius 1 is 0.452 bits per heavy atom. The van der Waals surface area contributed by atoms with Gasteiger partial charge in [0, 0.05) is 58.3 Å². The molecule has 9 aromatic rings. The van der Waals surface area contributed by atoms with E-state index in [0.29, 0.717) is 6.67 Å². The molecule has 0 aliphatic carbocycles. The van der Waals surface area contributed by atoms with E-state index in [1.807, 2.05) is 12.3 Å². The maximum Gasteiger partial charge on any atom is 0.137 e. The molecule has 0 spiro atoms. The fraction of sp³-hybridized carbons (Fsp3) is 0.140. The van der Waals surface area contributed by atoms with Crippen molar-refractivity contribution >= 4 is 33.2 Å². The van der Waals surface area contributed by atoms with E-state index in [9.17, 15) is 0 Å². The van der Waals surface area contributed by atoms with Crippen molar-refractivity contribution in [2.24, 2.45) is 0 Å². The Morgan fingerprint density at radius 2 is 1.13 bits per heavy atom. The van der Waals surface area contributed by atoms with Crippen LogP contribution in [0, 0.1) is 0 Å². The highest BCUT2D eigenvalue weighted by Crippen LogP contribution is 2.40. The number of rotatable bonds is 9. The first-order valence-corrected chi connectivity index (χ1v) is 21.5. The van der Waals surface area contributed by atoms with Crippen LogP contribution in [-0.4, -0.2) is 16.2 Å². The molecule has 0 radical (unpaired) electrons. The molecule has 0 amide bonds. The van der Waals surface area contributed by atoms with Gasteiger partial charge in [0.05, 0.1) is 17.7 Å². The van der Waals surface area contributed by atoms with E-state index in [1.54, 1.807) is 0 Å². The lowest BCUT2D eigenvalue weighted by Crippen LogP contribution is -2.25. The van der Waals surface area contributed by atoms with Gasteiger partial charge in [-0.15, -0.1) is 0 Å². The Morgan fingerprint density at radius 3 is 1.85 bits per heavy atom. The van der Waals surface area contributed by atoms with Gasteiger partial charge in [0.15, 0.2) is 0 Å². The van der Waals surface area contributed by atoms with Crippen molar-refractivity contribution in [3.05, 3.63) is 217 Å². The first kappa shape index (κ1) is 38.8. The van der Waals surface area contributed by atoms with Gasteiger partial charge in [0.25, 0.3) is 0 Å². The number of aromatic nitrogens is 2. The Kier molecular flexibility index (Phi) is 9.76. The summed E-state index contributed by atoms with van der Waals surface area (Å²) in [5, 5.41) is 2.32. The number of anilines is 2. The maximum absolute atomic E-state index is 6.72. The molecule has 0 unspecified atom stereocenters. The van der Waals surface area contributed by atoms with Gasteiger partial charge in [0.1, 0.15) is 17.3 Å². The minimum atomic E-state index is -0.189. The first-order valence-electron chi connectivity index (χ1n) is 21.5. The Bertz CT molecular complexity index is 3090. The second-order valence-electron chi connectivity index (χ2n) is 17.9. The molecule has 0 N–H and O–H groups in total. The van der Waals surface area contributed by atoms with Gasteiger partial charge in [-0.05, 0) is 105 Å². The van der Waals surface area contributed by atoms with Gasteiger partial charge in [0.2, 0.25) is 0 Å². The number of hydrogen-bond acceptors (Lipinski definition) is 4. The summed E-state index contributed by atoms with van der Waals surface area (Å²) in [6.07, 6.45) is 6.26. The lowest BCUT2D eigenvalue weighted by Gasteiger charge is -2.29. The van der Waals surface area contributed by atoms with Crippen molar-refractivity contribution < 1.29 is 4.74 Å². The Hall–Kier alpha value is -7.37. The summed E-state index contributed by atoms with van der Waals surface area (Å²) in [6.45, 7) is 12.0. The van der Waals surface area contributed by atoms with E-state index in [-0.39, 0.29) is 10.8 Å². The Labute approximate surface area is 364 Å². The van der Waals surface area contributed by atoms with E-state index >= 15 is 0 Å². The minimum absolute atomic E-state index is 0.0216. The fourth-order valence-electron chi connectivity index (χ4n) is 8.70. The van der Waals surface area contributed by atoms with Gasteiger partial charge in [-0.2, -0.15) is 0 Å². The molecule has 1 aliphatic rings. The van der Waals surface area contributed by atoms with Crippen molar-refractivity contribution in [1.29, 1.82) is 0 Å². The van der Waals surface area contributed by atoms with E-state index in [1.165, 1.54) is 44.3 Å². The first-order chi connectivity index (χ1) is 30.1. The second kappa shape index (κ2) is 15.6. The molecule has 62 heavy (non-hydrogen) atoms. The molecular formula is C57H50N4O. The minimum Gasteiger partial charge on any atom is -0.457 e. The summed E-state index contributed by atoms with van der Waals surface area (Å²) in [4.78, 5) is 9.52. The van der Waals surface area contributed by atoms with Crippen LogP contribution < -0.4 is 14.5 Å². The molecule has 1 aliphatic heterocycles. The molecule has 5 heteroatoms. The van der Waals surface area contributed by atoms with Crippen LogP contribution >= 0.6 is 0 Å². The normalized spacial score (nSPS) is 13.0. The lowest BCUT2D eigenvalue weighted by atomic mass is 9.77. The zero-order valence-corrected chi connectivity index (χ0v) is 36.0. The number of fused-ring (bicyclic) bond motifs is 3. The summed E-state index contributed by atoms with van der Waals surface area (Å²) < 4.78 is 9.00. The quantitative estimate of drug-likeness (QED) is 0.145. The average molecular weight is 807 g/mol. The summed E-state index contributed by atoms with van der Waals surface area (Å²) in [5.41, 5.74) is 12.7. The standard InChI is InChI=1S/C57H50N4O/c1-56(2,3)45-28-29-58-55(36-45)61-53-27-24-42(40-16-9-6-10-17-40)34-52(53)51-26-25-50(38-54(51)61)62-49-23-15-22-47(37-49)59-30-31-60(39-59)48-33-43(41-18-11-7-12-19-41)32-46(35-48)57(4,5)44-20-13-8-14-21-44/h6-38H,39H2,1-5H3. The summed E-state index contributed by atoms with van der Waals surface area (Å²) in [7, 11) is 0. The van der Waals surface area contributed by atoms with Gasteiger partial charge < -0.3 is 14.5 Å². The van der Waals surface area contributed by atoms with Crippen LogP contribution in [0.4, 0.5) is 11.4 Å². The zero-order chi connectivity index (χ0) is 42.4. The number of nitrogens with zero attached hydrogens (tertiary/aromatic N) is 4. The third-order valence-electron chi connectivity index (χ3n) is 12.4. The molecule has 3 heterocycles. The topological polar surface area (TPSA) is 33.5 Å². The fourth-order valence-corrected chi connectivity index (χ4v) is 8.70. The largest absolute Gasteiger partial charge is 0.457 e. The Balaban J connectivity index is 0.967. The van der Waals surface area contributed by atoms with Crippen LogP contribution in [0.15, 0.2) is 201 Å². The van der Waals surface area contributed by atoms with Crippen molar-refractivity contribution in [2.45, 2.75) is 45.4 Å². The molecule has 5 nitrogen and oxygen atoms in total. The van der Waals surface area contributed by atoms with Crippen LogP contribution in [0.25, 0.3) is 49.9 Å². The molecule has 0 fully saturated rings. The summed E-state index contributed by atoms with van der Waals surface area (Å²) >= 11 is 0. The molecular weight excluding hydrogens is 757 g/mol. The van der Waals surface area contributed by atoms with E-state index in [4.69, 9.17) is 9.72 Å². The molecule has 7 aromatic carbocycles. The van der Waals surface area contributed by atoms with Crippen molar-refractivity contribution in [2.75, 3.05) is 16.5 Å². The number of pyridine rings is 1. The number of benzene rings is 7. The molecule has 304 valence electrons. The van der Waals surface area contributed by atoms with Crippen LogP contribution in [0.3, 0.4) is 0 Å². The highest BCUT2D eigenvalue weighted by molar-refractivity contribution is 6.10. The number of hydrogen-bond donors (Lipinski definition) is 0. The molecule has 0 saturated carbocycles. The molecule has 10 rings (SSSR count). The van der Waals surface area contributed by atoms with E-state index < -0.39 is 0 Å². The van der Waals surface area contributed by atoms with Crippen molar-refractivity contribution in [3.8, 4) is 39.6 Å². The molecule has 2 aromatic heterocycles. The lowest BCUT2D eigenvalue weighted by molar-refractivity contribution is 0.483. The van der Waals surface area contributed by atoms with E-state index in [0.717, 1.165) is 45.1 Å². The predicted molar refractivity (Wildman–Crippen MR) is 259 cm³/mol. The van der Waals surface area contributed by atoms with Gasteiger partial charge in [-0.25, -0.2) is 4.98 Å². The highest BCUT2D eigenvalue weighted by Gasteiger charge is 2.26. The van der Waals surface area contributed by atoms with Crippen LogP contribution in [0.5, 0.6) is 11.5 Å². The summed E-state index contributed by atoms with van der Waals surface area (Å²) in [6, 6.07) is 64.9. The van der Waals surface area contributed by atoms with Crippen LogP contribution in [0.2, 0.25) is 0 Å². The van der Waals surface area contributed by atoms with E-state index in [2.05, 4.69) is 237 Å². The SMILES string of the molecule is CC(C)(C)c1ccnc(-n2c3ccc(-c4ccccc4)cc3c3ccc(Oc4cccc(N5C=CN(c6cc(-c7ccccc7)cc(C(C)(C)c7ccccc7)c6)C5)c4)cc32)c1. The number of ether oxygens (including phenoxy) is 1. The summed E-state index contributed by atoms with van der Waals surface area (Å²) in [5.74, 6) is 2.42. The molecule has 0 atom stereocenters. The van der Waals surface area contributed by atoms with Crippen molar-refractivity contribution in [1.82, 2.24) is 9.55 Å². The van der Waals surface area contributed by atoms with Gasteiger partial charge >= 0.3 is 0 Å². The van der Waals surface area contributed by atoms with Crippen LogP contribution in [0.1, 0.15) is 51.3 Å². The smallest absolute Gasteiger partial charge is 0.137 e. The molecule has 0 bridgehead atoms. The third kappa shape index (κ3) is 7.41.